The molecule has 1 unspecified atom stereocenters. The molecule has 1 atom stereocenters. The Kier molecular flexibility index (Phi) is 5.85. The smallest absolute Gasteiger partial charge is 0.382 e. The van der Waals surface area contributed by atoms with Gasteiger partial charge in [0, 0.05) is 10.6 Å². The first-order valence-corrected chi connectivity index (χ1v) is 9.74. The van der Waals surface area contributed by atoms with Crippen LogP contribution < -0.4 is 5.69 Å². The summed E-state index contributed by atoms with van der Waals surface area (Å²) in [5, 5.41) is 18.4. The van der Waals surface area contributed by atoms with Gasteiger partial charge in [-0.2, -0.15) is 13.2 Å². The normalized spacial score (nSPS) is 12.8. The largest absolute Gasteiger partial charge is 0.416 e. The van der Waals surface area contributed by atoms with Gasteiger partial charge in [-0.05, 0) is 36.4 Å². The van der Waals surface area contributed by atoms with Crippen molar-refractivity contribution in [2.24, 2.45) is 0 Å². The number of rotatable bonds is 6. The summed E-state index contributed by atoms with van der Waals surface area (Å²) in [5.41, 5.74) is 0.274. The SMILES string of the molecule is O=c1n(Cc2ncn(-c3ccccc3)n2)nc(-c2ccc(Cl)cc2)n1CC(O)C(F)(F)F. The van der Waals surface area contributed by atoms with Crippen LogP contribution in [0.15, 0.2) is 65.7 Å². The Labute approximate surface area is 184 Å². The van der Waals surface area contributed by atoms with Crippen LogP contribution in [-0.2, 0) is 13.1 Å². The van der Waals surface area contributed by atoms with Gasteiger partial charge in [-0.25, -0.2) is 19.1 Å². The van der Waals surface area contributed by atoms with Crippen molar-refractivity contribution < 1.29 is 18.3 Å². The van der Waals surface area contributed by atoms with Crippen LogP contribution in [0.1, 0.15) is 5.82 Å². The van der Waals surface area contributed by atoms with E-state index >= 15 is 0 Å². The molecule has 1 N–H and O–H groups in total. The Morgan fingerprint density at radius 1 is 1.03 bits per heavy atom. The summed E-state index contributed by atoms with van der Waals surface area (Å²) in [6.45, 7) is -1.18. The lowest BCUT2D eigenvalue weighted by Crippen LogP contribution is -2.37. The van der Waals surface area contributed by atoms with Crippen molar-refractivity contribution in [3.8, 4) is 17.1 Å². The molecular formula is C20H16ClF3N6O2. The van der Waals surface area contributed by atoms with Crippen LogP contribution in [0.4, 0.5) is 13.2 Å². The number of benzene rings is 2. The third-order valence-electron chi connectivity index (χ3n) is 4.61. The molecule has 32 heavy (non-hydrogen) atoms. The van der Waals surface area contributed by atoms with Gasteiger partial charge in [0.1, 0.15) is 12.9 Å². The third kappa shape index (κ3) is 4.58. The van der Waals surface area contributed by atoms with Crippen molar-refractivity contribution in [2.45, 2.75) is 25.4 Å². The summed E-state index contributed by atoms with van der Waals surface area (Å²) in [6, 6.07) is 15.2. The van der Waals surface area contributed by atoms with Gasteiger partial charge < -0.3 is 5.11 Å². The van der Waals surface area contributed by atoms with Gasteiger partial charge in [-0.3, -0.25) is 4.57 Å². The quantitative estimate of drug-likeness (QED) is 0.474. The Morgan fingerprint density at radius 3 is 2.38 bits per heavy atom. The van der Waals surface area contributed by atoms with Crippen molar-refractivity contribution in [1.29, 1.82) is 0 Å². The fourth-order valence-electron chi connectivity index (χ4n) is 3.01. The number of nitrogens with zero attached hydrogens (tertiary/aromatic N) is 6. The molecule has 4 rings (SSSR count). The van der Waals surface area contributed by atoms with Gasteiger partial charge in [-0.1, -0.05) is 29.8 Å². The maximum Gasteiger partial charge on any atom is 0.416 e. The molecule has 166 valence electrons. The predicted molar refractivity (Wildman–Crippen MR) is 109 cm³/mol. The molecule has 0 radical (unpaired) electrons. The zero-order chi connectivity index (χ0) is 22.9. The minimum absolute atomic E-state index is 0.0440. The molecule has 0 fully saturated rings. The summed E-state index contributed by atoms with van der Waals surface area (Å²) in [7, 11) is 0. The highest BCUT2D eigenvalue weighted by Gasteiger charge is 2.39. The molecule has 0 aliphatic heterocycles. The first-order chi connectivity index (χ1) is 15.2. The second-order valence-electron chi connectivity index (χ2n) is 6.88. The minimum Gasteiger partial charge on any atom is -0.382 e. The minimum atomic E-state index is -4.89. The molecule has 0 amide bonds. The van der Waals surface area contributed by atoms with Crippen LogP contribution in [0.5, 0.6) is 0 Å². The van der Waals surface area contributed by atoms with Crippen molar-refractivity contribution in [3.63, 3.8) is 0 Å². The van der Waals surface area contributed by atoms with E-state index in [0.717, 1.165) is 14.9 Å². The molecule has 0 aliphatic rings. The summed E-state index contributed by atoms with van der Waals surface area (Å²) < 4.78 is 42.0. The number of halogens is 4. The Hall–Kier alpha value is -3.44. The fraction of sp³-hybridized carbons (Fsp3) is 0.200. The lowest BCUT2D eigenvalue weighted by Gasteiger charge is -2.15. The van der Waals surface area contributed by atoms with E-state index in [9.17, 15) is 23.1 Å². The molecule has 0 saturated heterocycles. The molecule has 0 bridgehead atoms. The van der Waals surface area contributed by atoms with Gasteiger partial charge in [0.2, 0.25) is 0 Å². The van der Waals surface area contributed by atoms with E-state index in [4.69, 9.17) is 11.6 Å². The number of aliphatic hydroxyl groups is 1. The first-order valence-electron chi connectivity index (χ1n) is 9.36. The van der Waals surface area contributed by atoms with E-state index in [1.165, 1.54) is 35.3 Å². The first kappa shape index (κ1) is 21.8. The van der Waals surface area contributed by atoms with Gasteiger partial charge in [-0.15, -0.1) is 10.2 Å². The number of aliphatic hydroxyl groups excluding tert-OH is 1. The molecule has 0 aliphatic carbocycles. The zero-order valence-electron chi connectivity index (χ0n) is 16.3. The maximum atomic E-state index is 12.9. The van der Waals surface area contributed by atoms with Gasteiger partial charge in [0.05, 0.1) is 12.2 Å². The molecule has 2 heterocycles. The summed E-state index contributed by atoms with van der Waals surface area (Å²) >= 11 is 5.88. The average Bonchev–Trinajstić information content (AvgIpc) is 3.35. The number of para-hydroxylation sites is 1. The molecule has 8 nitrogen and oxygen atoms in total. The van der Waals surface area contributed by atoms with E-state index in [2.05, 4.69) is 15.2 Å². The number of hydrogen-bond acceptors (Lipinski definition) is 5. The molecule has 2 aromatic carbocycles. The topological polar surface area (TPSA) is 90.8 Å². The van der Waals surface area contributed by atoms with Crippen molar-refractivity contribution in [1.82, 2.24) is 29.1 Å². The summed E-state index contributed by atoms with van der Waals surface area (Å²) in [6.07, 6.45) is -6.17. The van der Waals surface area contributed by atoms with E-state index in [1.807, 2.05) is 30.3 Å². The third-order valence-corrected chi connectivity index (χ3v) is 4.86. The van der Waals surface area contributed by atoms with Gasteiger partial charge >= 0.3 is 11.9 Å². The molecule has 4 aromatic rings. The lowest BCUT2D eigenvalue weighted by molar-refractivity contribution is -0.207. The zero-order valence-corrected chi connectivity index (χ0v) is 17.1. The van der Waals surface area contributed by atoms with Gasteiger partial charge in [0.25, 0.3) is 0 Å². The van der Waals surface area contributed by atoms with Crippen molar-refractivity contribution in [3.05, 3.63) is 82.3 Å². The van der Waals surface area contributed by atoms with Crippen molar-refractivity contribution >= 4 is 11.6 Å². The Balaban J connectivity index is 1.70. The molecule has 0 saturated carbocycles. The van der Waals surface area contributed by atoms with E-state index < -0.39 is 24.5 Å². The highest BCUT2D eigenvalue weighted by molar-refractivity contribution is 6.30. The highest BCUT2D eigenvalue weighted by atomic mass is 35.5. The molecule has 12 heteroatoms. The van der Waals surface area contributed by atoms with E-state index in [-0.39, 0.29) is 18.2 Å². The Bertz CT molecular complexity index is 1270. The standard InChI is InChI=1S/C20H16ClF3N6O2/c21-14-8-6-13(7-9-14)18-27-29(19(32)28(18)10-16(31)20(22,23)24)11-17-25-12-30(26-17)15-4-2-1-3-5-15/h1-9,12,16,31H,10-11H2. The fourth-order valence-corrected chi connectivity index (χ4v) is 3.13. The second-order valence-corrected chi connectivity index (χ2v) is 7.32. The summed E-state index contributed by atoms with van der Waals surface area (Å²) in [5.74, 6) is 0.192. The molecule has 0 spiro atoms. The molecule has 2 aromatic heterocycles. The van der Waals surface area contributed by atoms with Crippen LogP contribution in [-0.4, -0.2) is 46.5 Å². The van der Waals surface area contributed by atoms with E-state index in [0.29, 0.717) is 10.6 Å². The highest BCUT2D eigenvalue weighted by Crippen LogP contribution is 2.24. The van der Waals surface area contributed by atoms with Crippen LogP contribution in [0.3, 0.4) is 0 Å². The average molecular weight is 465 g/mol. The number of hydrogen-bond donors (Lipinski definition) is 1. The van der Waals surface area contributed by atoms with Gasteiger partial charge in [0.15, 0.2) is 17.8 Å². The summed E-state index contributed by atoms with van der Waals surface area (Å²) in [4.78, 5) is 17.0. The molecular weight excluding hydrogens is 449 g/mol. The van der Waals surface area contributed by atoms with Crippen LogP contribution in [0.25, 0.3) is 17.1 Å². The second kappa shape index (κ2) is 8.60. The maximum absolute atomic E-state index is 12.9. The van der Waals surface area contributed by atoms with Crippen LogP contribution in [0.2, 0.25) is 5.02 Å². The number of aromatic nitrogens is 6. The predicted octanol–water partition coefficient (Wildman–Crippen LogP) is 2.92. The van der Waals surface area contributed by atoms with E-state index in [1.54, 1.807) is 0 Å². The Morgan fingerprint density at radius 2 is 1.72 bits per heavy atom. The lowest BCUT2D eigenvalue weighted by atomic mass is 10.2. The van der Waals surface area contributed by atoms with Crippen LogP contribution in [0, 0.1) is 0 Å². The van der Waals surface area contributed by atoms with Crippen LogP contribution >= 0.6 is 11.6 Å². The van der Waals surface area contributed by atoms with Crippen molar-refractivity contribution in [2.75, 3.05) is 0 Å². The monoisotopic (exact) mass is 464 g/mol. The number of alkyl halides is 3.